The maximum Gasteiger partial charge on any atom is 0.185 e. The van der Waals surface area contributed by atoms with Gasteiger partial charge in [-0.25, -0.2) is 0 Å². The Morgan fingerprint density at radius 2 is 1.79 bits per heavy atom. The maximum atomic E-state index is 6.16. The van der Waals surface area contributed by atoms with E-state index in [0.29, 0.717) is 27.4 Å². The van der Waals surface area contributed by atoms with Crippen molar-refractivity contribution in [2.45, 2.75) is 6.42 Å². The normalized spacial score (nSPS) is 20.6. The second kappa shape index (κ2) is 8.07. The van der Waals surface area contributed by atoms with Gasteiger partial charge in [-0.2, -0.15) is 4.52 Å². The zero-order chi connectivity index (χ0) is 19.8. The summed E-state index contributed by atoms with van der Waals surface area (Å²) < 4.78 is 7.27. The number of rotatable bonds is 4. The number of halogens is 2. The molecule has 1 atom stereocenters. The van der Waals surface area contributed by atoms with E-state index in [1.165, 1.54) is 6.42 Å². The molecule has 3 aromatic rings. The monoisotopic (exact) mass is 432 g/mol. The second-order valence-corrected chi connectivity index (χ2v) is 8.53. The van der Waals surface area contributed by atoms with Crippen LogP contribution in [0.4, 0.5) is 5.82 Å². The van der Waals surface area contributed by atoms with Crippen LogP contribution in [0, 0.1) is 5.92 Å². The first-order valence-corrected chi connectivity index (χ1v) is 10.7. The zero-order valence-electron chi connectivity index (χ0n) is 16.0. The Morgan fingerprint density at radius 1 is 1.00 bits per heavy atom. The van der Waals surface area contributed by atoms with Gasteiger partial charge in [-0.15, -0.1) is 15.3 Å². The van der Waals surface area contributed by atoms with Gasteiger partial charge in [-0.3, -0.25) is 4.90 Å². The summed E-state index contributed by atoms with van der Waals surface area (Å²) in [6, 6.07) is 9.31. The van der Waals surface area contributed by atoms with Gasteiger partial charge in [0.05, 0.1) is 6.61 Å². The van der Waals surface area contributed by atoms with Crippen molar-refractivity contribution in [3.05, 3.63) is 40.4 Å². The van der Waals surface area contributed by atoms with E-state index < -0.39 is 0 Å². The zero-order valence-corrected chi connectivity index (χ0v) is 17.5. The number of piperazine rings is 1. The minimum atomic E-state index is 0.559. The third kappa shape index (κ3) is 4.05. The van der Waals surface area contributed by atoms with Gasteiger partial charge < -0.3 is 9.64 Å². The van der Waals surface area contributed by atoms with Crippen LogP contribution in [-0.4, -0.2) is 70.6 Å². The summed E-state index contributed by atoms with van der Waals surface area (Å²) in [7, 11) is 0. The van der Waals surface area contributed by atoms with E-state index in [0.717, 1.165) is 57.3 Å². The van der Waals surface area contributed by atoms with Gasteiger partial charge in [-0.1, -0.05) is 23.2 Å². The van der Waals surface area contributed by atoms with E-state index in [1.54, 1.807) is 10.6 Å². The molecule has 2 aliphatic heterocycles. The molecule has 0 amide bonds. The maximum absolute atomic E-state index is 6.16. The number of fused-ring (bicyclic) bond motifs is 1. The summed E-state index contributed by atoms with van der Waals surface area (Å²) in [6.45, 7) is 6.92. The van der Waals surface area contributed by atoms with E-state index in [-0.39, 0.29) is 0 Å². The molecule has 9 heteroatoms. The smallest absolute Gasteiger partial charge is 0.185 e. The Hall–Kier alpha value is -1.93. The first kappa shape index (κ1) is 19.1. The molecule has 0 radical (unpaired) electrons. The highest BCUT2D eigenvalue weighted by molar-refractivity contribution is 6.35. The standard InChI is InChI=1S/C20H22Cl2N6O/c21-16-9-15(10-17(22)11-16)20-24-23-18-1-2-19(25-28(18)20)27-6-4-26(5-7-27)12-14-3-8-29-13-14/h1-2,9-11,14H,3-8,12-13H2. The average Bonchev–Trinajstić information content (AvgIpc) is 3.37. The van der Waals surface area contributed by atoms with Crippen LogP contribution in [0.15, 0.2) is 30.3 Å². The molecule has 152 valence electrons. The number of ether oxygens (including phenoxy) is 1. The Bertz CT molecular complexity index is 991. The Labute approximate surface area is 179 Å². The number of benzene rings is 1. The van der Waals surface area contributed by atoms with Gasteiger partial charge in [0.2, 0.25) is 0 Å². The summed E-state index contributed by atoms with van der Waals surface area (Å²) in [5.41, 5.74) is 1.49. The molecule has 0 saturated carbocycles. The first-order chi connectivity index (χ1) is 14.2. The molecule has 1 aromatic carbocycles. The topological polar surface area (TPSA) is 58.8 Å². The number of anilines is 1. The molecular weight excluding hydrogens is 411 g/mol. The lowest BCUT2D eigenvalue weighted by Gasteiger charge is -2.36. The number of hydrogen-bond acceptors (Lipinski definition) is 6. The fraction of sp³-hybridized carbons (Fsp3) is 0.450. The van der Waals surface area contributed by atoms with Crippen LogP contribution in [0.2, 0.25) is 10.0 Å². The summed E-state index contributed by atoms with van der Waals surface area (Å²) in [5, 5.41) is 14.5. The van der Waals surface area contributed by atoms with Crippen LogP contribution in [-0.2, 0) is 4.74 Å². The van der Waals surface area contributed by atoms with E-state index in [2.05, 4.69) is 20.0 Å². The summed E-state index contributed by atoms with van der Waals surface area (Å²) in [6.07, 6.45) is 1.18. The molecule has 0 aliphatic carbocycles. The number of aromatic nitrogens is 4. The highest BCUT2D eigenvalue weighted by Gasteiger charge is 2.24. The number of hydrogen-bond donors (Lipinski definition) is 0. The molecule has 1 unspecified atom stereocenters. The summed E-state index contributed by atoms with van der Waals surface area (Å²) in [4.78, 5) is 4.85. The minimum Gasteiger partial charge on any atom is -0.381 e. The van der Waals surface area contributed by atoms with E-state index in [1.807, 2.05) is 24.3 Å². The van der Waals surface area contributed by atoms with Crippen LogP contribution in [0.3, 0.4) is 0 Å². The third-order valence-electron chi connectivity index (χ3n) is 5.61. The molecule has 2 saturated heterocycles. The van der Waals surface area contributed by atoms with Crippen molar-refractivity contribution in [3.8, 4) is 11.4 Å². The molecule has 0 bridgehead atoms. The van der Waals surface area contributed by atoms with Gasteiger partial charge in [0.25, 0.3) is 0 Å². The minimum absolute atomic E-state index is 0.559. The van der Waals surface area contributed by atoms with Crippen molar-refractivity contribution in [2.75, 3.05) is 50.8 Å². The van der Waals surface area contributed by atoms with E-state index >= 15 is 0 Å². The van der Waals surface area contributed by atoms with Crippen LogP contribution in [0.25, 0.3) is 17.0 Å². The van der Waals surface area contributed by atoms with Gasteiger partial charge in [0, 0.05) is 54.9 Å². The lowest BCUT2D eigenvalue weighted by Crippen LogP contribution is -2.48. The van der Waals surface area contributed by atoms with E-state index in [4.69, 9.17) is 33.0 Å². The lowest BCUT2D eigenvalue weighted by atomic mass is 10.1. The highest BCUT2D eigenvalue weighted by atomic mass is 35.5. The van der Waals surface area contributed by atoms with Gasteiger partial charge in [0.1, 0.15) is 5.82 Å². The molecule has 4 heterocycles. The van der Waals surface area contributed by atoms with E-state index in [9.17, 15) is 0 Å². The van der Waals surface area contributed by atoms with Crippen LogP contribution in [0.5, 0.6) is 0 Å². The fourth-order valence-corrected chi connectivity index (χ4v) is 4.59. The van der Waals surface area contributed by atoms with Gasteiger partial charge in [0.15, 0.2) is 11.5 Å². The lowest BCUT2D eigenvalue weighted by molar-refractivity contribution is 0.164. The van der Waals surface area contributed by atoms with Crippen molar-refractivity contribution < 1.29 is 4.74 Å². The van der Waals surface area contributed by atoms with Crippen molar-refractivity contribution in [1.82, 2.24) is 24.7 Å². The van der Waals surface area contributed by atoms with Crippen molar-refractivity contribution >= 4 is 34.7 Å². The Morgan fingerprint density at radius 3 is 2.52 bits per heavy atom. The summed E-state index contributed by atoms with van der Waals surface area (Å²) >= 11 is 12.3. The van der Waals surface area contributed by atoms with Gasteiger partial charge in [-0.05, 0) is 42.7 Å². The molecule has 2 aliphatic rings. The third-order valence-corrected chi connectivity index (χ3v) is 6.04. The molecule has 2 fully saturated rings. The predicted octanol–water partition coefficient (Wildman–Crippen LogP) is 3.26. The molecule has 5 rings (SSSR count). The quantitative estimate of drug-likeness (QED) is 0.630. The Balaban J connectivity index is 1.35. The SMILES string of the molecule is Clc1cc(Cl)cc(-c2nnc3ccc(N4CCN(CC5CCOC5)CC4)nn23)c1. The van der Waals surface area contributed by atoms with Crippen LogP contribution < -0.4 is 4.90 Å². The fourth-order valence-electron chi connectivity index (χ4n) is 4.06. The predicted molar refractivity (Wildman–Crippen MR) is 114 cm³/mol. The van der Waals surface area contributed by atoms with Gasteiger partial charge >= 0.3 is 0 Å². The van der Waals surface area contributed by atoms with Crippen LogP contribution in [0.1, 0.15) is 6.42 Å². The molecule has 7 nitrogen and oxygen atoms in total. The molecule has 0 spiro atoms. The largest absolute Gasteiger partial charge is 0.381 e. The summed E-state index contributed by atoms with van der Waals surface area (Å²) in [5.74, 6) is 2.24. The van der Waals surface area contributed by atoms with Crippen LogP contribution >= 0.6 is 23.2 Å². The average molecular weight is 433 g/mol. The molecule has 29 heavy (non-hydrogen) atoms. The molecule has 2 aromatic heterocycles. The first-order valence-electron chi connectivity index (χ1n) is 9.90. The molecule has 0 N–H and O–H groups in total. The van der Waals surface area contributed by atoms with Crippen molar-refractivity contribution in [1.29, 1.82) is 0 Å². The van der Waals surface area contributed by atoms with Crippen molar-refractivity contribution in [2.24, 2.45) is 5.92 Å². The molecular formula is C20H22Cl2N6O. The second-order valence-electron chi connectivity index (χ2n) is 7.66. The highest BCUT2D eigenvalue weighted by Crippen LogP contribution is 2.27. The van der Waals surface area contributed by atoms with Crippen molar-refractivity contribution in [3.63, 3.8) is 0 Å². The number of nitrogens with zero attached hydrogens (tertiary/aromatic N) is 6. The Kier molecular flexibility index (Phi) is 5.30.